The van der Waals surface area contributed by atoms with Gasteiger partial charge in [-0.2, -0.15) is 0 Å². The maximum absolute atomic E-state index is 12.8. The highest BCUT2D eigenvalue weighted by Gasteiger charge is 2.34. The van der Waals surface area contributed by atoms with Crippen LogP contribution in [0.15, 0.2) is 23.0 Å². The number of hydrogen-bond donors (Lipinski definition) is 0. The van der Waals surface area contributed by atoms with E-state index >= 15 is 0 Å². The summed E-state index contributed by atoms with van der Waals surface area (Å²) >= 11 is 0. The first kappa shape index (κ1) is 16.1. The Morgan fingerprint density at radius 3 is 2.61 bits per heavy atom. The smallest absolute Gasteiger partial charge is 0.257 e. The molecule has 6 nitrogen and oxygen atoms in total. The summed E-state index contributed by atoms with van der Waals surface area (Å²) in [5, 5.41) is 0. The Hall–Kier alpha value is -1.82. The standard InChI is InChI=1S/C17H24N2O4/c1-12-10-23-13(2)9-19(12)17(21)14-3-6-18(7-4-14)16(20)15-5-8-22-11-15/h5,8,11-14H,3-4,6-7,9-10H2,1-2H3. The molecule has 2 aliphatic heterocycles. The lowest BCUT2D eigenvalue weighted by molar-refractivity contribution is -0.148. The fourth-order valence-electron chi connectivity index (χ4n) is 3.34. The van der Waals surface area contributed by atoms with E-state index in [0.29, 0.717) is 31.8 Å². The number of hydrogen-bond acceptors (Lipinski definition) is 4. The van der Waals surface area contributed by atoms with E-state index in [9.17, 15) is 9.59 Å². The number of piperidine rings is 1. The van der Waals surface area contributed by atoms with Crippen molar-refractivity contribution in [3.8, 4) is 0 Å². The van der Waals surface area contributed by atoms with Crippen LogP contribution in [0.4, 0.5) is 0 Å². The third-order valence-electron chi connectivity index (χ3n) is 4.79. The second kappa shape index (κ2) is 6.74. The molecule has 2 amide bonds. The SMILES string of the molecule is CC1CN(C(=O)C2CCN(C(=O)c3ccoc3)CC2)C(C)CO1. The topological polar surface area (TPSA) is 63.0 Å². The maximum Gasteiger partial charge on any atom is 0.257 e. The Balaban J connectivity index is 1.56. The van der Waals surface area contributed by atoms with E-state index in [1.54, 1.807) is 11.0 Å². The van der Waals surface area contributed by atoms with Crippen molar-refractivity contribution < 1.29 is 18.7 Å². The summed E-state index contributed by atoms with van der Waals surface area (Å²) < 4.78 is 10.6. The second-order valence-corrected chi connectivity index (χ2v) is 6.56. The van der Waals surface area contributed by atoms with Gasteiger partial charge in [-0.25, -0.2) is 0 Å². The van der Waals surface area contributed by atoms with Gasteiger partial charge in [0.2, 0.25) is 5.91 Å². The minimum atomic E-state index is -0.0157. The Bertz CT molecular complexity index is 549. The highest BCUT2D eigenvalue weighted by Crippen LogP contribution is 2.24. The van der Waals surface area contributed by atoms with Crippen molar-refractivity contribution in [3.63, 3.8) is 0 Å². The summed E-state index contributed by atoms with van der Waals surface area (Å²) in [5.41, 5.74) is 0.574. The third kappa shape index (κ3) is 3.42. The van der Waals surface area contributed by atoms with E-state index in [1.807, 2.05) is 18.7 Å². The quantitative estimate of drug-likeness (QED) is 0.833. The van der Waals surface area contributed by atoms with Gasteiger partial charge < -0.3 is 19.0 Å². The average molecular weight is 320 g/mol. The molecule has 0 saturated carbocycles. The molecular formula is C17H24N2O4. The normalized spacial score (nSPS) is 26.3. The first-order chi connectivity index (χ1) is 11.1. The van der Waals surface area contributed by atoms with E-state index in [4.69, 9.17) is 9.15 Å². The van der Waals surface area contributed by atoms with Crippen LogP contribution >= 0.6 is 0 Å². The molecule has 2 saturated heterocycles. The second-order valence-electron chi connectivity index (χ2n) is 6.56. The summed E-state index contributed by atoms with van der Waals surface area (Å²) in [6.07, 6.45) is 4.51. The number of rotatable bonds is 2. The minimum absolute atomic E-state index is 0.0103. The number of likely N-dealkylation sites (tertiary alicyclic amines) is 1. The molecule has 0 N–H and O–H groups in total. The monoisotopic (exact) mass is 320 g/mol. The molecule has 3 rings (SSSR count). The van der Waals surface area contributed by atoms with Gasteiger partial charge in [0, 0.05) is 25.6 Å². The van der Waals surface area contributed by atoms with Crippen molar-refractivity contribution in [2.45, 2.75) is 38.8 Å². The fourth-order valence-corrected chi connectivity index (χ4v) is 3.34. The molecule has 0 aromatic carbocycles. The molecule has 0 aliphatic carbocycles. The van der Waals surface area contributed by atoms with Crippen LogP contribution in [0.1, 0.15) is 37.0 Å². The largest absolute Gasteiger partial charge is 0.472 e. The van der Waals surface area contributed by atoms with Gasteiger partial charge in [0.15, 0.2) is 0 Å². The number of carbonyl (C=O) groups excluding carboxylic acids is 2. The zero-order chi connectivity index (χ0) is 16.4. The van der Waals surface area contributed by atoms with Gasteiger partial charge in [0.05, 0.1) is 30.6 Å². The van der Waals surface area contributed by atoms with Crippen molar-refractivity contribution in [1.82, 2.24) is 9.80 Å². The first-order valence-electron chi connectivity index (χ1n) is 8.30. The Morgan fingerprint density at radius 2 is 1.96 bits per heavy atom. The number of carbonyl (C=O) groups is 2. The Morgan fingerprint density at radius 1 is 1.22 bits per heavy atom. The van der Waals surface area contributed by atoms with Crippen LogP contribution < -0.4 is 0 Å². The zero-order valence-corrected chi connectivity index (χ0v) is 13.7. The third-order valence-corrected chi connectivity index (χ3v) is 4.79. The predicted octanol–water partition coefficient (Wildman–Crippen LogP) is 1.77. The molecule has 1 aromatic rings. The van der Waals surface area contributed by atoms with Gasteiger partial charge in [-0.1, -0.05) is 0 Å². The molecule has 6 heteroatoms. The van der Waals surface area contributed by atoms with Crippen molar-refractivity contribution in [2.24, 2.45) is 5.92 Å². The molecule has 0 bridgehead atoms. The van der Waals surface area contributed by atoms with Crippen LogP contribution in [-0.4, -0.2) is 60.0 Å². The molecule has 2 aliphatic rings. The maximum atomic E-state index is 12.8. The Kier molecular flexibility index (Phi) is 4.71. The highest BCUT2D eigenvalue weighted by atomic mass is 16.5. The zero-order valence-electron chi connectivity index (χ0n) is 13.7. The van der Waals surface area contributed by atoms with Gasteiger partial charge in [-0.05, 0) is 32.8 Å². The molecule has 3 heterocycles. The molecule has 0 spiro atoms. The van der Waals surface area contributed by atoms with Crippen LogP contribution in [-0.2, 0) is 9.53 Å². The summed E-state index contributed by atoms with van der Waals surface area (Å²) in [6, 6.07) is 1.81. The van der Waals surface area contributed by atoms with Gasteiger partial charge in [0.1, 0.15) is 6.26 Å². The highest BCUT2D eigenvalue weighted by molar-refractivity contribution is 5.94. The van der Waals surface area contributed by atoms with Crippen LogP contribution in [0.25, 0.3) is 0 Å². The predicted molar refractivity (Wildman–Crippen MR) is 83.9 cm³/mol. The van der Waals surface area contributed by atoms with Crippen molar-refractivity contribution in [1.29, 1.82) is 0 Å². The van der Waals surface area contributed by atoms with Gasteiger partial charge in [0.25, 0.3) is 5.91 Å². The van der Waals surface area contributed by atoms with Crippen LogP contribution in [0.3, 0.4) is 0 Å². The molecular weight excluding hydrogens is 296 g/mol. The van der Waals surface area contributed by atoms with Crippen molar-refractivity contribution in [3.05, 3.63) is 24.2 Å². The molecule has 2 atom stereocenters. The van der Waals surface area contributed by atoms with Gasteiger partial charge >= 0.3 is 0 Å². The summed E-state index contributed by atoms with van der Waals surface area (Å²) in [5.74, 6) is 0.206. The summed E-state index contributed by atoms with van der Waals surface area (Å²) in [6.45, 7) is 6.53. The fraction of sp³-hybridized carbons (Fsp3) is 0.647. The van der Waals surface area contributed by atoms with Crippen LogP contribution in [0.5, 0.6) is 0 Å². The minimum Gasteiger partial charge on any atom is -0.472 e. The van der Waals surface area contributed by atoms with Crippen molar-refractivity contribution >= 4 is 11.8 Å². The Labute approximate surface area is 136 Å². The summed E-state index contributed by atoms with van der Waals surface area (Å²) in [4.78, 5) is 28.8. The lowest BCUT2D eigenvalue weighted by Crippen LogP contribution is -2.53. The number of furan rings is 1. The first-order valence-corrected chi connectivity index (χ1v) is 8.30. The van der Waals surface area contributed by atoms with E-state index in [0.717, 1.165) is 12.8 Å². The van der Waals surface area contributed by atoms with E-state index in [2.05, 4.69) is 0 Å². The average Bonchev–Trinajstić information content (AvgIpc) is 3.10. The summed E-state index contributed by atoms with van der Waals surface area (Å²) in [7, 11) is 0. The molecule has 126 valence electrons. The number of morpholine rings is 1. The van der Waals surface area contributed by atoms with E-state index < -0.39 is 0 Å². The lowest BCUT2D eigenvalue weighted by atomic mass is 9.94. The molecule has 0 radical (unpaired) electrons. The van der Waals surface area contributed by atoms with Gasteiger partial charge in [-0.3, -0.25) is 9.59 Å². The molecule has 23 heavy (non-hydrogen) atoms. The number of nitrogens with zero attached hydrogens (tertiary/aromatic N) is 2. The molecule has 2 unspecified atom stereocenters. The van der Waals surface area contributed by atoms with E-state index in [-0.39, 0.29) is 29.9 Å². The lowest BCUT2D eigenvalue weighted by Gasteiger charge is -2.40. The molecule has 1 aromatic heterocycles. The molecule has 2 fully saturated rings. The van der Waals surface area contributed by atoms with Crippen LogP contribution in [0.2, 0.25) is 0 Å². The van der Waals surface area contributed by atoms with Crippen LogP contribution in [0, 0.1) is 5.92 Å². The number of ether oxygens (including phenoxy) is 1. The van der Waals surface area contributed by atoms with Gasteiger partial charge in [-0.15, -0.1) is 0 Å². The number of amides is 2. The van der Waals surface area contributed by atoms with E-state index in [1.165, 1.54) is 12.5 Å². The van der Waals surface area contributed by atoms with Crippen molar-refractivity contribution in [2.75, 3.05) is 26.2 Å².